The van der Waals surface area contributed by atoms with E-state index in [1.165, 1.54) is 17.3 Å². The minimum Gasteiger partial charge on any atom is -0.440 e. The lowest BCUT2D eigenvalue weighted by atomic mass is 10.1. The lowest BCUT2D eigenvalue weighted by Crippen LogP contribution is -2.18. The molecule has 8 heteroatoms. The van der Waals surface area contributed by atoms with Gasteiger partial charge in [-0.25, -0.2) is 5.43 Å². The van der Waals surface area contributed by atoms with Gasteiger partial charge in [0, 0.05) is 12.6 Å². The zero-order valence-electron chi connectivity index (χ0n) is 14.8. The number of hydrogen-bond donors (Lipinski definition) is 1. The second-order valence-corrected chi connectivity index (χ2v) is 7.01. The molecule has 0 spiro atoms. The summed E-state index contributed by atoms with van der Waals surface area (Å²) >= 11 is 1.44. The van der Waals surface area contributed by atoms with Gasteiger partial charge < -0.3 is 9.30 Å². The lowest BCUT2D eigenvalue weighted by molar-refractivity contribution is 0.0955. The molecular formula is C19H17N5O2S. The largest absolute Gasteiger partial charge is 0.440 e. The van der Waals surface area contributed by atoms with Crippen molar-refractivity contribution in [2.24, 2.45) is 12.1 Å². The van der Waals surface area contributed by atoms with Gasteiger partial charge in [0.2, 0.25) is 5.90 Å². The molecule has 0 radical (unpaired) electrons. The Labute approximate surface area is 160 Å². The molecule has 0 bridgehead atoms. The number of nitrogens with zero attached hydrogens (tertiary/aromatic N) is 4. The van der Waals surface area contributed by atoms with E-state index in [-0.39, 0.29) is 5.91 Å². The standard InChI is InChI=1S/C19H17N5O2S/c1-12-6-5-7-13(10-12)17-21-23-19(24(17)2)27-11-16-20-22-18(25)14-8-3-4-9-15(14)26-16/h3-10H,11H2,1-2H3,(H,22,25). The monoisotopic (exact) mass is 379 g/mol. The van der Waals surface area contributed by atoms with Crippen LogP contribution >= 0.6 is 11.8 Å². The van der Waals surface area contributed by atoms with Crippen molar-refractivity contribution in [3.05, 3.63) is 59.7 Å². The second kappa shape index (κ2) is 7.24. The van der Waals surface area contributed by atoms with Crippen LogP contribution in [0.25, 0.3) is 11.4 Å². The third kappa shape index (κ3) is 3.56. The van der Waals surface area contributed by atoms with E-state index in [0.717, 1.165) is 16.5 Å². The molecule has 136 valence electrons. The number of hydrazone groups is 1. The molecule has 27 heavy (non-hydrogen) atoms. The number of amides is 1. The molecule has 3 aromatic rings. The molecule has 0 unspecified atom stereocenters. The van der Waals surface area contributed by atoms with Crippen LogP contribution in [0.15, 0.2) is 58.8 Å². The molecule has 0 saturated heterocycles. The SMILES string of the molecule is Cc1cccc(-c2nnc(SCC3=NNC(=O)c4ccccc4O3)n2C)c1. The maximum atomic E-state index is 12.0. The summed E-state index contributed by atoms with van der Waals surface area (Å²) in [5.41, 5.74) is 5.15. The first-order valence-corrected chi connectivity index (χ1v) is 9.33. The Kier molecular flexibility index (Phi) is 4.64. The van der Waals surface area contributed by atoms with Gasteiger partial charge in [-0.2, -0.15) is 0 Å². The van der Waals surface area contributed by atoms with Crippen molar-refractivity contribution in [1.82, 2.24) is 20.2 Å². The van der Waals surface area contributed by atoms with Crippen molar-refractivity contribution in [3.8, 4) is 17.1 Å². The molecule has 2 aromatic carbocycles. The molecular weight excluding hydrogens is 362 g/mol. The minimum atomic E-state index is -0.286. The third-order valence-corrected chi connectivity index (χ3v) is 5.08. The molecule has 0 saturated carbocycles. The zero-order valence-corrected chi connectivity index (χ0v) is 15.7. The predicted molar refractivity (Wildman–Crippen MR) is 104 cm³/mol. The summed E-state index contributed by atoms with van der Waals surface area (Å²) in [5, 5.41) is 13.4. The maximum Gasteiger partial charge on any atom is 0.275 e. The van der Waals surface area contributed by atoms with Gasteiger partial charge in [-0.15, -0.1) is 15.3 Å². The van der Waals surface area contributed by atoms with E-state index in [9.17, 15) is 4.79 Å². The highest BCUT2D eigenvalue weighted by atomic mass is 32.2. The molecule has 0 aliphatic carbocycles. The fourth-order valence-corrected chi connectivity index (χ4v) is 3.49. The predicted octanol–water partition coefficient (Wildman–Crippen LogP) is 3.02. The first-order valence-electron chi connectivity index (χ1n) is 8.35. The Morgan fingerprint density at radius 2 is 2.00 bits per heavy atom. The Balaban J connectivity index is 1.51. The molecule has 1 aliphatic rings. The number of carbonyl (C=O) groups is 1. The van der Waals surface area contributed by atoms with Crippen LogP contribution in [-0.4, -0.2) is 32.3 Å². The van der Waals surface area contributed by atoms with Gasteiger partial charge in [-0.3, -0.25) is 4.79 Å². The molecule has 2 heterocycles. The highest BCUT2D eigenvalue weighted by Gasteiger charge is 2.19. The van der Waals surface area contributed by atoms with Gasteiger partial charge in [-0.05, 0) is 25.1 Å². The topological polar surface area (TPSA) is 81.4 Å². The lowest BCUT2D eigenvalue weighted by Gasteiger charge is -2.07. The number of aryl methyl sites for hydroxylation is 1. The summed E-state index contributed by atoms with van der Waals surface area (Å²) in [5.74, 6) is 1.81. The van der Waals surface area contributed by atoms with Crippen molar-refractivity contribution in [1.29, 1.82) is 0 Å². The summed E-state index contributed by atoms with van der Waals surface area (Å²) < 4.78 is 7.72. The smallest absolute Gasteiger partial charge is 0.275 e. The van der Waals surface area contributed by atoms with Crippen LogP contribution in [0.3, 0.4) is 0 Å². The average molecular weight is 379 g/mol. The molecule has 4 rings (SSSR count). The van der Waals surface area contributed by atoms with Crippen LogP contribution < -0.4 is 10.2 Å². The van der Waals surface area contributed by atoms with E-state index in [1.807, 2.05) is 42.8 Å². The number of fused-ring (bicyclic) bond motifs is 1. The van der Waals surface area contributed by atoms with Crippen LogP contribution in [0.5, 0.6) is 5.75 Å². The van der Waals surface area contributed by atoms with E-state index in [0.29, 0.717) is 23.0 Å². The van der Waals surface area contributed by atoms with E-state index in [2.05, 4.69) is 26.8 Å². The number of carbonyl (C=O) groups excluding carboxylic acids is 1. The summed E-state index contributed by atoms with van der Waals surface area (Å²) in [6.45, 7) is 2.04. The number of thioether (sulfide) groups is 1. The number of hydrogen-bond acceptors (Lipinski definition) is 6. The van der Waals surface area contributed by atoms with E-state index in [1.54, 1.807) is 18.2 Å². The number of benzene rings is 2. The second-order valence-electron chi connectivity index (χ2n) is 6.07. The molecule has 1 amide bonds. The Hall–Kier alpha value is -3.13. The number of aromatic nitrogens is 3. The zero-order chi connectivity index (χ0) is 18.8. The Bertz CT molecular complexity index is 1040. The number of para-hydroxylation sites is 1. The van der Waals surface area contributed by atoms with Crippen LogP contribution in [0, 0.1) is 6.92 Å². The quantitative estimate of drug-likeness (QED) is 0.705. The van der Waals surface area contributed by atoms with Gasteiger partial charge in [0.1, 0.15) is 5.75 Å². The van der Waals surface area contributed by atoms with E-state index >= 15 is 0 Å². The van der Waals surface area contributed by atoms with Gasteiger partial charge in [0.25, 0.3) is 5.91 Å². The van der Waals surface area contributed by atoms with Crippen LogP contribution in [-0.2, 0) is 7.05 Å². The number of ether oxygens (including phenoxy) is 1. The normalized spacial score (nSPS) is 13.3. The van der Waals surface area contributed by atoms with Crippen molar-refractivity contribution >= 4 is 23.6 Å². The van der Waals surface area contributed by atoms with Gasteiger partial charge in [0.05, 0.1) is 11.3 Å². The fraction of sp³-hybridized carbons (Fsp3) is 0.158. The first kappa shape index (κ1) is 17.3. The van der Waals surface area contributed by atoms with Gasteiger partial charge in [-0.1, -0.05) is 47.7 Å². The Morgan fingerprint density at radius 1 is 1.15 bits per heavy atom. The first-order chi connectivity index (χ1) is 13.1. The van der Waals surface area contributed by atoms with Crippen molar-refractivity contribution in [2.75, 3.05) is 5.75 Å². The summed E-state index contributed by atoms with van der Waals surface area (Å²) in [4.78, 5) is 12.0. The Morgan fingerprint density at radius 3 is 2.85 bits per heavy atom. The highest BCUT2D eigenvalue weighted by Crippen LogP contribution is 2.25. The molecule has 1 N–H and O–H groups in total. The molecule has 1 aliphatic heterocycles. The van der Waals surface area contributed by atoms with Gasteiger partial charge >= 0.3 is 0 Å². The van der Waals surface area contributed by atoms with Crippen molar-refractivity contribution in [2.45, 2.75) is 12.1 Å². The summed E-state index contributed by atoms with van der Waals surface area (Å²) in [7, 11) is 1.92. The van der Waals surface area contributed by atoms with Crippen LogP contribution in [0.2, 0.25) is 0 Å². The highest BCUT2D eigenvalue weighted by molar-refractivity contribution is 7.99. The average Bonchev–Trinajstić information content (AvgIpc) is 2.96. The summed E-state index contributed by atoms with van der Waals surface area (Å²) in [6.07, 6.45) is 0. The summed E-state index contributed by atoms with van der Waals surface area (Å²) in [6, 6.07) is 15.2. The van der Waals surface area contributed by atoms with Gasteiger partial charge in [0.15, 0.2) is 11.0 Å². The van der Waals surface area contributed by atoms with Crippen molar-refractivity contribution in [3.63, 3.8) is 0 Å². The molecule has 7 nitrogen and oxygen atoms in total. The molecule has 1 aromatic heterocycles. The maximum absolute atomic E-state index is 12.0. The van der Waals surface area contributed by atoms with E-state index in [4.69, 9.17) is 4.74 Å². The van der Waals surface area contributed by atoms with Crippen molar-refractivity contribution < 1.29 is 9.53 Å². The number of rotatable bonds is 4. The minimum absolute atomic E-state index is 0.286. The third-order valence-electron chi connectivity index (χ3n) is 4.08. The van der Waals surface area contributed by atoms with E-state index < -0.39 is 0 Å². The number of nitrogens with one attached hydrogen (secondary N) is 1. The molecule has 0 atom stereocenters. The van der Waals surface area contributed by atoms with Crippen LogP contribution in [0.4, 0.5) is 0 Å². The fourth-order valence-electron chi connectivity index (χ4n) is 2.73. The molecule has 0 fully saturated rings. The van der Waals surface area contributed by atoms with Crippen LogP contribution in [0.1, 0.15) is 15.9 Å².